The van der Waals surface area contributed by atoms with Crippen molar-refractivity contribution in [2.45, 2.75) is 80.1 Å². The molecule has 2 heterocycles. The van der Waals surface area contributed by atoms with E-state index < -0.39 is 0 Å². The van der Waals surface area contributed by atoms with Gasteiger partial charge < -0.3 is 5.11 Å². The molecule has 0 aliphatic heterocycles. The van der Waals surface area contributed by atoms with E-state index in [2.05, 4.69) is 188 Å². The number of nitrogens with zero attached hydrogens (tertiary/aromatic N) is 3. The molecule has 0 spiro atoms. The molecular weight excluding hydrogens is 707 g/mol. The van der Waals surface area contributed by atoms with Crippen LogP contribution in [0.15, 0.2) is 134 Å². The molecule has 8 aromatic rings. The van der Waals surface area contributed by atoms with Crippen LogP contribution in [0, 0.1) is 27.7 Å². The first kappa shape index (κ1) is 38.6. The summed E-state index contributed by atoms with van der Waals surface area (Å²) in [7, 11) is 0. The minimum atomic E-state index is -0.123. The molecule has 0 aliphatic rings. The Morgan fingerprint density at radius 2 is 1.16 bits per heavy atom. The number of phenolic OH excluding ortho intramolecular Hbond substituents is 1. The largest absolute Gasteiger partial charge is 0.507 e. The SMILES string of the molecule is Cc1ccc(-c2ccnc(-c3cc(-c4cccc5c4nc(-c4cc(C)cc(C)c4O)n5-c4ccc(C)cc4-c4ccc(C(C)(C)C)cc4)cc(C(C)(C)C)c3)c2)cc1. The fourth-order valence-electron chi connectivity index (χ4n) is 7.99. The van der Waals surface area contributed by atoms with E-state index in [1.807, 2.05) is 19.2 Å². The average Bonchev–Trinajstić information content (AvgIpc) is 3.58. The van der Waals surface area contributed by atoms with Gasteiger partial charge in [0.05, 0.1) is 28.0 Å². The third kappa shape index (κ3) is 7.36. The molecule has 0 fully saturated rings. The molecule has 58 heavy (non-hydrogen) atoms. The third-order valence-corrected chi connectivity index (χ3v) is 11.4. The summed E-state index contributed by atoms with van der Waals surface area (Å²) in [5.41, 5.74) is 18.8. The van der Waals surface area contributed by atoms with Gasteiger partial charge in [-0.3, -0.25) is 9.55 Å². The number of hydrogen-bond donors (Lipinski definition) is 1. The Kier molecular flexibility index (Phi) is 9.72. The standard InChI is InChI=1S/C54H53N3O/c1-33-14-17-37(18-15-33)39-24-25-55-47(32-39)41-29-40(30-43(31-41)54(8,9)10)44-12-11-13-49-50(44)56-52(46-28-35(3)26-36(4)51(46)58)57(49)48-23-16-34(2)27-45(48)38-19-21-42(22-20-38)53(5,6)7/h11-32,58H,1-10H3. The number of hydrogen-bond acceptors (Lipinski definition) is 3. The highest BCUT2D eigenvalue weighted by Crippen LogP contribution is 2.43. The summed E-state index contributed by atoms with van der Waals surface area (Å²) in [6.07, 6.45) is 1.91. The van der Waals surface area contributed by atoms with Crippen molar-refractivity contribution < 1.29 is 5.11 Å². The molecule has 8 rings (SSSR count). The second-order valence-electron chi connectivity index (χ2n) is 18.1. The van der Waals surface area contributed by atoms with Crippen molar-refractivity contribution in [3.8, 4) is 67.5 Å². The Morgan fingerprint density at radius 1 is 0.500 bits per heavy atom. The molecule has 0 unspecified atom stereocenters. The van der Waals surface area contributed by atoms with Gasteiger partial charge in [0.2, 0.25) is 0 Å². The van der Waals surface area contributed by atoms with Crippen LogP contribution in [0.1, 0.15) is 74.9 Å². The van der Waals surface area contributed by atoms with E-state index in [4.69, 9.17) is 9.97 Å². The molecule has 0 saturated carbocycles. The summed E-state index contributed by atoms with van der Waals surface area (Å²) in [5.74, 6) is 0.936. The van der Waals surface area contributed by atoms with Gasteiger partial charge in [0, 0.05) is 22.9 Å². The van der Waals surface area contributed by atoms with Gasteiger partial charge in [-0.05, 0) is 132 Å². The molecule has 290 valence electrons. The van der Waals surface area contributed by atoms with E-state index in [9.17, 15) is 5.11 Å². The van der Waals surface area contributed by atoms with Crippen LogP contribution < -0.4 is 0 Å². The van der Waals surface area contributed by atoms with Crippen molar-refractivity contribution in [3.05, 3.63) is 167 Å². The smallest absolute Gasteiger partial charge is 0.149 e. The minimum absolute atomic E-state index is 0.0444. The normalized spacial score (nSPS) is 12.0. The Bertz CT molecular complexity index is 2830. The second-order valence-corrected chi connectivity index (χ2v) is 18.1. The van der Waals surface area contributed by atoms with E-state index in [0.717, 1.165) is 66.9 Å². The molecule has 0 amide bonds. The molecule has 2 aromatic heterocycles. The zero-order valence-corrected chi connectivity index (χ0v) is 35.5. The number of rotatable bonds is 6. The summed E-state index contributed by atoms with van der Waals surface area (Å²) in [4.78, 5) is 10.4. The molecule has 4 nitrogen and oxygen atoms in total. The Balaban J connectivity index is 1.39. The fraction of sp³-hybridized carbons (Fsp3) is 0.222. The number of aryl methyl sites for hydroxylation is 4. The van der Waals surface area contributed by atoms with E-state index in [1.54, 1.807) is 0 Å². The van der Waals surface area contributed by atoms with Crippen molar-refractivity contribution in [1.82, 2.24) is 14.5 Å². The quantitative estimate of drug-likeness (QED) is 0.184. The van der Waals surface area contributed by atoms with Crippen molar-refractivity contribution in [3.63, 3.8) is 0 Å². The Labute approximate surface area is 343 Å². The van der Waals surface area contributed by atoms with E-state index in [0.29, 0.717) is 11.4 Å². The van der Waals surface area contributed by atoms with Crippen LogP contribution in [-0.2, 0) is 10.8 Å². The lowest BCUT2D eigenvalue weighted by Gasteiger charge is -2.22. The zero-order valence-electron chi connectivity index (χ0n) is 35.5. The first-order valence-electron chi connectivity index (χ1n) is 20.3. The fourth-order valence-corrected chi connectivity index (χ4v) is 7.99. The summed E-state index contributed by atoms with van der Waals surface area (Å²) in [6, 6.07) is 45.9. The third-order valence-electron chi connectivity index (χ3n) is 11.4. The number of aromatic nitrogens is 3. The lowest BCUT2D eigenvalue weighted by Crippen LogP contribution is -2.11. The lowest BCUT2D eigenvalue weighted by molar-refractivity contribution is 0.472. The Hall–Kier alpha value is -6.26. The van der Waals surface area contributed by atoms with Gasteiger partial charge >= 0.3 is 0 Å². The van der Waals surface area contributed by atoms with E-state index in [1.165, 1.54) is 27.8 Å². The van der Waals surface area contributed by atoms with Crippen molar-refractivity contribution in [1.29, 1.82) is 0 Å². The maximum Gasteiger partial charge on any atom is 0.149 e. The van der Waals surface area contributed by atoms with Crippen LogP contribution in [0.4, 0.5) is 0 Å². The van der Waals surface area contributed by atoms with Gasteiger partial charge in [-0.25, -0.2) is 4.98 Å². The molecule has 0 aliphatic carbocycles. The molecule has 0 atom stereocenters. The second kappa shape index (κ2) is 14.6. The van der Waals surface area contributed by atoms with Gasteiger partial charge in [0.25, 0.3) is 0 Å². The van der Waals surface area contributed by atoms with Crippen LogP contribution in [0.25, 0.3) is 72.7 Å². The molecular formula is C54H53N3O. The number of aromatic hydroxyl groups is 1. The van der Waals surface area contributed by atoms with Crippen LogP contribution >= 0.6 is 0 Å². The van der Waals surface area contributed by atoms with Gasteiger partial charge in [-0.1, -0.05) is 132 Å². The highest BCUT2D eigenvalue weighted by molar-refractivity contribution is 5.98. The number of pyridine rings is 1. The average molecular weight is 760 g/mol. The topological polar surface area (TPSA) is 50.9 Å². The minimum Gasteiger partial charge on any atom is -0.507 e. The number of phenols is 1. The van der Waals surface area contributed by atoms with Crippen LogP contribution in [0.5, 0.6) is 5.75 Å². The van der Waals surface area contributed by atoms with Gasteiger partial charge in [-0.2, -0.15) is 0 Å². The predicted octanol–water partition coefficient (Wildman–Crippen LogP) is 14.3. The molecule has 1 N–H and O–H groups in total. The maximum atomic E-state index is 11.7. The molecule has 0 saturated heterocycles. The number of benzene rings is 6. The first-order valence-corrected chi connectivity index (χ1v) is 20.3. The zero-order chi connectivity index (χ0) is 41.1. The van der Waals surface area contributed by atoms with Crippen LogP contribution in [0.3, 0.4) is 0 Å². The lowest BCUT2D eigenvalue weighted by atomic mass is 9.83. The molecule has 0 bridgehead atoms. The number of imidazole rings is 1. The van der Waals surface area contributed by atoms with Crippen molar-refractivity contribution in [2.24, 2.45) is 0 Å². The van der Waals surface area contributed by atoms with E-state index >= 15 is 0 Å². The van der Waals surface area contributed by atoms with Crippen LogP contribution in [0.2, 0.25) is 0 Å². The summed E-state index contributed by atoms with van der Waals surface area (Å²) in [6.45, 7) is 21.8. The van der Waals surface area contributed by atoms with Crippen molar-refractivity contribution >= 4 is 11.0 Å². The summed E-state index contributed by atoms with van der Waals surface area (Å²) >= 11 is 0. The van der Waals surface area contributed by atoms with Crippen LogP contribution in [-0.4, -0.2) is 19.6 Å². The van der Waals surface area contributed by atoms with Gasteiger partial charge in [0.15, 0.2) is 0 Å². The maximum absolute atomic E-state index is 11.7. The van der Waals surface area contributed by atoms with E-state index in [-0.39, 0.29) is 16.6 Å². The Morgan fingerprint density at radius 3 is 1.86 bits per heavy atom. The molecule has 0 radical (unpaired) electrons. The summed E-state index contributed by atoms with van der Waals surface area (Å²) < 4.78 is 2.25. The molecule has 4 heteroatoms. The number of fused-ring (bicyclic) bond motifs is 1. The van der Waals surface area contributed by atoms with Gasteiger partial charge in [-0.15, -0.1) is 0 Å². The first-order chi connectivity index (χ1) is 27.5. The van der Waals surface area contributed by atoms with Crippen molar-refractivity contribution in [2.75, 3.05) is 0 Å². The molecule has 6 aromatic carbocycles. The monoisotopic (exact) mass is 759 g/mol. The number of para-hydroxylation sites is 1. The highest BCUT2D eigenvalue weighted by atomic mass is 16.3. The highest BCUT2D eigenvalue weighted by Gasteiger charge is 2.25. The summed E-state index contributed by atoms with van der Waals surface area (Å²) in [5, 5.41) is 11.7. The predicted molar refractivity (Wildman–Crippen MR) is 244 cm³/mol. The van der Waals surface area contributed by atoms with Gasteiger partial charge in [0.1, 0.15) is 11.6 Å².